The third-order valence-electron chi connectivity index (χ3n) is 14.2. The van der Waals surface area contributed by atoms with Crippen LogP contribution in [0.5, 0.6) is 0 Å². The lowest BCUT2D eigenvalue weighted by Gasteiger charge is -2.35. The molecule has 4 aliphatic rings. The molecule has 0 bridgehead atoms. The average molecular weight is 1120 g/mol. The molecule has 4 aromatic carbocycles. The van der Waals surface area contributed by atoms with Crippen LogP contribution in [0, 0.1) is 0 Å². The highest BCUT2D eigenvalue weighted by Gasteiger charge is 2.42. The fraction of sp³-hybridized carbons (Fsp3) is 0.467. The summed E-state index contributed by atoms with van der Waals surface area (Å²) in [6.07, 6.45) is -1.07. The monoisotopic (exact) mass is 1120 g/mol. The Morgan fingerprint density at radius 1 is 0.443 bits per heavy atom. The van der Waals surface area contributed by atoms with Crippen LogP contribution >= 0.6 is 11.8 Å². The smallest absolute Gasteiger partial charge is 0.418 e. The fourth-order valence-corrected chi connectivity index (χ4v) is 11.7. The number of carbonyl (C=O) groups excluding carboxylic acids is 4. The van der Waals surface area contributed by atoms with Gasteiger partial charge in [-0.25, -0.2) is 9.59 Å². The third-order valence-corrected chi connectivity index (χ3v) is 15.3. The van der Waals surface area contributed by atoms with Crippen molar-refractivity contribution >= 4 is 59.3 Å². The lowest BCUT2D eigenvalue weighted by molar-refractivity contribution is -0.139. The number of halogens is 6. The molecule has 12 nitrogen and oxygen atoms in total. The van der Waals surface area contributed by atoms with Gasteiger partial charge in [0.2, 0.25) is 11.8 Å². The Labute approximate surface area is 463 Å². The van der Waals surface area contributed by atoms with Gasteiger partial charge in [-0.15, -0.1) is 0 Å². The number of alkyl halides is 6. The number of hydrogen-bond donors (Lipinski definition) is 0. The van der Waals surface area contributed by atoms with Gasteiger partial charge >= 0.3 is 24.5 Å². The van der Waals surface area contributed by atoms with E-state index in [4.69, 9.17) is 9.47 Å². The number of nitrogens with zero attached hydrogens (tertiary/aromatic N) is 6. The topological polar surface area (TPSA) is 106 Å². The van der Waals surface area contributed by atoms with E-state index in [9.17, 15) is 19.2 Å². The number of ether oxygens (including phenoxy) is 2. The first-order valence-electron chi connectivity index (χ1n) is 27.1. The number of rotatable bonds is 10. The molecular formula is C60H70F6N6O6S. The van der Waals surface area contributed by atoms with E-state index in [-0.39, 0.29) is 85.7 Å². The van der Waals surface area contributed by atoms with Gasteiger partial charge in [0.1, 0.15) is 11.2 Å². The summed E-state index contributed by atoms with van der Waals surface area (Å²) in [5.41, 5.74) is -2.80. The lowest BCUT2D eigenvalue weighted by Crippen LogP contribution is -2.51. The van der Waals surface area contributed by atoms with Crippen molar-refractivity contribution in [3.63, 3.8) is 0 Å². The summed E-state index contributed by atoms with van der Waals surface area (Å²) < 4.78 is 109. The van der Waals surface area contributed by atoms with Crippen LogP contribution in [0.1, 0.15) is 102 Å². The Bertz CT molecular complexity index is 2730. The Balaban J connectivity index is 1.22. The minimum absolute atomic E-state index is 0.0328. The maximum Gasteiger partial charge on any atom is 0.418 e. The van der Waals surface area contributed by atoms with Crippen LogP contribution in [0.3, 0.4) is 0 Å². The summed E-state index contributed by atoms with van der Waals surface area (Å²) in [6, 6.07) is 18.6. The van der Waals surface area contributed by atoms with Gasteiger partial charge in [-0.3, -0.25) is 9.59 Å². The average Bonchev–Trinajstić information content (AvgIpc) is 3.52. The van der Waals surface area contributed by atoms with Crippen LogP contribution in [0.25, 0.3) is 34.4 Å². The SMILES string of the molecule is CC(C)(C)OC(=O)N1CCN(C(=O)C=Cc2ccc(Sc3ccc(C=CC(=O)N4CCN(C(=O)OC(C)(C)C)CC4)c(-c4ccccc4N4CCCCC4)c3C(F)(F)F)c(C(F)(F)F)c2-c2ccccc2N2CCCCC2)CC1. The normalized spacial score (nSPS) is 17.2. The molecule has 0 aliphatic carbocycles. The number of amides is 4. The van der Waals surface area contributed by atoms with Gasteiger partial charge in [0.25, 0.3) is 0 Å². The maximum atomic E-state index is 16.3. The highest BCUT2D eigenvalue weighted by molar-refractivity contribution is 7.99. The summed E-state index contributed by atoms with van der Waals surface area (Å²) in [5.74, 6) is -0.982. The molecule has 0 radical (unpaired) electrons. The minimum Gasteiger partial charge on any atom is -0.444 e. The molecule has 4 aromatic rings. The quantitative estimate of drug-likeness (QED) is 0.113. The molecule has 0 spiro atoms. The van der Waals surface area contributed by atoms with Crippen molar-refractivity contribution in [2.75, 3.05) is 88.3 Å². The second kappa shape index (κ2) is 24.4. The van der Waals surface area contributed by atoms with E-state index in [1.165, 1.54) is 68.2 Å². The summed E-state index contributed by atoms with van der Waals surface area (Å²) in [4.78, 5) is 62.2. The third kappa shape index (κ3) is 14.6. The molecule has 79 heavy (non-hydrogen) atoms. The highest BCUT2D eigenvalue weighted by Crippen LogP contribution is 2.53. The van der Waals surface area contributed by atoms with Crippen LogP contribution < -0.4 is 9.80 Å². The zero-order chi connectivity index (χ0) is 56.9. The molecule has 0 atom stereocenters. The van der Waals surface area contributed by atoms with Gasteiger partial charge < -0.3 is 38.9 Å². The molecule has 4 heterocycles. The zero-order valence-electron chi connectivity index (χ0n) is 45.8. The van der Waals surface area contributed by atoms with Gasteiger partial charge in [0.15, 0.2) is 0 Å². The second-order valence-electron chi connectivity index (χ2n) is 22.3. The molecule has 4 saturated heterocycles. The van der Waals surface area contributed by atoms with Crippen molar-refractivity contribution in [1.82, 2.24) is 19.6 Å². The largest absolute Gasteiger partial charge is 0.444 e. The molecule has 0 unspecified atom stereocenters. The van der Waals surface area contributed by atoms with Crippen molar-refractivity contribution in [2.24, 2.45) is 0 Å². The van der Waals surface area contributed by atoms with Gasteiger partial charge in [0.05, 0.1) is 11.1 Å². The van der Waals surface area contributed by atoms with Crippen molar-refractivity contribution in [3.05, 3.63) is 107 Å². The highest BCUT2D eigenvalue weighted by atomic mass is 32.2. The van der Waals surface area contributed by atoms with Crippen LogP contribution in [0.4, 0.5) is 47.3 Å². The van der Waals surface area contributed by atoms with E-state index in [0.717, 1.165) is 38.5 Å². The van der Waals surface area contributed by atoms with Crippen LogP contribution in [0.2, 0.25) is 0 Å². The zero-order valence-corrected chi connectivity index (χ0v) is 46.6. The molecule has 424 valence electrons. The number of anilines is 2. The molecule has 8 rings (SSSR count). The van der Waals surface area contributed by atoms with E-state index < -0.39 is 68.5 Å². The Morgan fingerprint density at radius 2 is 0.772 bits per heavy atom. The predicted octanol–water partition coefficient (Wildman–Crippen LogP) is 13.4. The van der Waals surface area contributed by atoms with E-state index in [2.05, 4.69) is 0 Å². The first-order chi connectivity index (χ1) is 37.4. The van der Waals surface area contributed by atoms with Gasteiger partial charge in [0, 0.05) is 134 Å². The Morgan fingerprint density at radius 3 is 1.10 bits per heavy atom. The van der Waals surface area contributed by atoms with E-state index in [0.29, 0.717) is 49.3 Å². The number of benzene rings is 4. The van der Waals surface area contributed by atoms with Crippen molar-refractivity contribution in [3.8, 4) is 22.3 Å². The first-order valence-corrected chi connectivity index (χ1v) is 27.9. The van der Waals surface area contributed by atoms with Crippen molar-refractivity contribution in [1.29, 1.82) is 0 Å². The summed E-state index contributed by atoms with van der Waals surface area (Å²) in [7, 11) is 0. The Hall–Kier alpha value is -6.63. The second-order valence-corrected chi connectivity index (χ2v) is 23.4. The molecule has 4 aliphatic heterocycles. The van der Waals surface area contributed by atoms with E-state index >= 15 is 26.3 Å². The van der Waals surface area contributed by atoms with Crippen LogP contribution in [-0.4, -0.2) is 133 Å². The molecule has 0 saturated carbocycles. The molecule has 19 heteroatoms. The number of piperazine rings is 2. The van der Waals surface area contributed by atoms with Crippen LogP contribution in [-0.2, 0) is 31.4 Å². The Kier molecular flexibility index (Phi) is 18.1. The van der Waals surface area contributed by atoms with Crippen molar-refractivity contribution < 1.29 is 55.0 Å². The first kappa shape index (κ1) is 58.5. The van der Waals surface area contributed by atoms with Gasteiger partial charge in [-0.05, 0) is 128 Å². The van der Waals surface area contributed by atoms with Crippen LogP contribution in [0.15, 0.2) is 94.7 Å². The predicted molar refractivity (Wildman–Crippen MR) is 297 cm³/mol. The standard InChI is InChI=1S/C60H70F6N6O6S/c1-57(2,3)77-55(75)71-37-33-69(34-38-71)49(73)27-23-41-21-25-47(53(59(61,62)63)51(41)43-17-9-11-19-45(43)67-29-13-7-14-30-67)79-48-26-22-42(24-28-50(74)70-35-39-72(40-36-70)56(76)78-58(4,5)6)52(54(48)60(64,65)66)44-18-10-12-20-46(44)68-31-15-8-16-32-68/h9-12,17-28H,7-8,13-16,29-40H2,1-6H3. The summed E-state index contributed by atoms with van der Waals surface area (Å²) >= 11 is 0.368. The maximum absolute atomic E-state index is 16.3. The number of carbonyl (C=O) groups is 4. The lowest BCUT2D eigenvalue weighted by atomic mass is 9.91. The fourth-order valence-electron chi connectivity index (χ4n) is 10.5. The van der Waals surface area contributed by atoms with Gasteiger partial charge in [-0.1, -0.05) is 60.3 Å². The summed E-state index contributed by atoms with van der Waals surface area (Å²) in [6.45, 7) is 14.2. The van der Waals surface area contributed by atoms with E-state index in [1.807, 2.05) is 9.80 Å². The number of piperidine rings is 2. The minimum atomic E-state index is -5.12. The molecule has 0 aromatic heterocycles. The van der Waals surface area contributed by atoms with Gasteiger partial charge in [-0.2, -0.15) is 26.3 Å². The summed E-state index contributed by atoms with van der Waals surface area (Å²) in [5, 5.41) is 0. The number of hydrogen-bond acceptors (Lipinski definition) is 9. The molecule has 4 amide bonds. The van der Waals surface area contributed by atoms with Crippen molar-refractivity contribution in [2.45, 2.75) is 113 Å². The number of para-hydroxylation sites is 2. The molecule has 0 N–H and O–H groups in total. The molecular weight excluding hydrogens is 1050 g/mol. The van der Waals surface area contributed by atoms with E-state index in [1.54, 1.807) is 90.1 Å². The molecule has 4 fully saturated rings.